The van der Waals surface area contributed by atoms with Gasteiger partial charge in [-0.05, 0) is 37.0 Å². The molecule has 17 heavy (non-hydrogen) atoms. The normalized spacial score (nSPS) is 17.3. The molecule has 1 saturated carbocycles. The molecule has 0 unspecified atom stereocenters. The quantitative estimate of drug-likeness (QED) is 0.906. The Morgan fingerprint density at radius 2 is 2.00 bits per heavy atom. The Morgan fingerprint density at radius 3 is 2.47 bits per heavy atom. The summed E-state index contributed by atoms with van der Waals surface area (Å²) < 4.78 is 1.06. The van der Waals surface area contributed by atoms with Gasteiger partial charge >= 0.3 is 0 Å². The van der Waals surface area contributed by atoms with Crippen LogP contribution in [0.3, 0.4) is 0 Å². The van der Waals surface area contributed by atoms with Crippen molar-refractivity contribution in [1.82, 2.24) is 5.32 Å². The number of carbonyl (C=O) groups is 1. The third kappa shape index (κ3) is 2.39. The monoisotopic (exact) mass is 295 g/mol. The maximum atomic E-state index is 12.3. The van der Waals surface area contributed by atoms with Gasteiger partial charge in [-0.3, -0.25) is 4.79 Å². The molecule has 0 saturated heterocycles. The molecular formula is C14H18BrNO. The van der Waals surface area contributed by atoms with Crippen LogP contribution in [0, 0.1) is 0 Å². The highest BCUT2D eigenvalue weighted by molar-refractivity contribution is 9.10. The van der Waals surface area contributed by atoms with Crippen molar-refractivity contribution in [2.45, 2.75) is 38.0 Å². The second kappa shape index (κ2) is 5.21. The van der Waals surface area contributed by atoms with Gasteiger partial charge in [-0.25, -0.2) is 0 Å². The zero-order chi connectivity index (χ0) is 12.3. The fourth-order valence-electron chi connectivity index (χ4n) is 2.35. The molecule has 0 aromatic heterocycles. The summed E-state index contributed by atoms with van der Waals surface area (Å²) in [6, 6.07) is 8.16. The van der Waals surface area contributed by atoms with Crippen molar-refractivity contribution in [3.63, 3.8) is 0 Å². The second-order valence-electron chi connectivity index (χ2n) is 4.70. The lowest BCUT2D eigenvalue weighted by molar-refractivity contribution is -0.129. The molecule has 1 amide bonds. The van der Waals surface area contributed by atoms with Gasteiger partial charge in [0.2, 0.25) is 5.91 Å². The van der Waals surface area contributed by atoms with Crippen LogP contribution >= 0.6 is 15.9 Å². The van der Waals surface area contributed by atoms with Gasteiger partial charge in [-0.15, -0.1) is 0 Å². The molecule has 2 nitrogen and oxygen atoms in total. The standard InChI is InChI=1S/C14H18BrNO/c1-2-10-16-13(17)14(8-3-9-14)11-4-6-12(15)7-5-11/h4-7H,2-3,8-10H2,1H3,(H,16,17). The average molecular weight is 296 g/mol. The molecule has 1 aliphatic carbocycles. The van der Waals surface area contributed by atoms with Crippen LogP contribution in [-0.4, -0.2) is 12.5 Å². The third-order valence-corrected chi connectivity index (χ3v) is 4.10. The van der Waals surface area contributed by atoms with Crippen molar-refractivity contribution in [2.75, 3.05) is 6.54 Å². The molecule has 0 heterocycles. The Labute approximate surface area is 111 Å². The maximum absolute atomic E-state index is 12.3. The number of rotatable bonds is 4. The molecule has 0 aliphatic heterocycles. The lowest BCUT2D eigenvalue weighted by Gasteiger charge is -2.40. The SMILES string of the molecule is CCCNC(=O)C1(c2ccc(Br)cc2)CCC1. The van der Waals surface area contributed by atoms with E-state index in [1.165, 1.54) is 0 Å². The lowest BCUT2D eigenvalue weighted by Crippen LogP contribution is -2.49. The molecule has 2 rings (SSSR count). The fraction of sp³-hybridized carbons (Fsp3) is 0.500. The highest BCUT2D eigenvalue weighted by atomic mass is 79.9. The first kappa shape index (κ1) is 12.6. The van der Waals surface area contributed by atoms with Crippen molar-refractivity contribution >= 4 is 21.8 Å². The summed E-state index contributed by atoms with van der Waals surface area (Å²) in [5.41, 5.74) is 0.899. The van der Waals surface area contributed by atoms with Crippen LogP contribution in [0.5, 0.6) is 0 Å². The first-order valence-electron chi connectivity index (χ1n) is 6.23. The summed E-state index contributed by atoms with van der Waals surface area (Å²) in [6.45, 7) is 2.85. The Bertz CT molecular complexity index is 395. The number of hydrogen-bond acceptors (Lipinski definition) is 1. The van der Waals surface area contributed by atoms with Gasteiger partial charge in [0.25, 0.3) is 0 Å². The number of nitrogens with one attached hydrogen (secondary N) is 1. The van der Waals surface area contributed by atoms with Crippen LogP contribution in [-0.2, 0) is 10.2 Å². The van der Waals surface area contributed by atoms with Crippen molar-refractivity contribution in [3.05, 3.63) is 34.3 Å². The minimum atomic E-state index is -0.254. The zero-order valence-electron chi connectivity index (χ0n) is 10.1. The minimum Gasteiger partial charge on any atom is -0.355 e. The van der Waals surface area contributed by atoms with E-state index in [4.69, 9.17) is 0 Å². The van der Waals surface area contributed by atoms with E-state index in [9.17, 15) is 4.79 Å². The first-order valence-corrected chi connectivity index (χ1v) is 7.03. The van der Waals surface area contributed by atoms with Crippen molar-refractivity contribution in [2.24, 2.45) is 0 Å². The Morgan fingerprint density at radius 1 is 1.35 bits per heavy atom. The second-order valence-corrected chi connectivity index (χ2v) is 5.61. The number of hydrogen-bond donors (Lipinski definition) is 1. The molecule has 1 aromatic rings. The van der Waals surface area contributed by atoms with E-state index in [0.29, 0.717) is 0 Å². The molecule has 0 radical (unpaired) electrons. The van der Waals surface area contributed by atoms with E-state index >= 15 is 0 Å². The van der Waals surface area contributed by atoms with Crippen LogP contribution in [0.25, 0.3) is 0 Å². The van der Waals surface area contributed by atoms with Gasteiger partial charge in [0.15, 0.2) is 0 Å². The van der Waals surface area contributed by atoms with E-state index in [1.54, 1.807) is 0 Å². The number of halogens is 1. The van der Waals surface area contributed by atoms with E-state index in [0.717, 1.165) is 42.3 Å². The molecule has 1 N–H and O–H groups in total. The maximum Gasteiger partial charge on any atom is 0.230 e. The largest absolute Gasteiger partial charge is 0.355 e. The zero-order valence-corrected chi connectivity index (χ0v) is 11.7. The van der Waals surface area contributed by atoms with Crippen LogP contribution in [0.4, 0.5) is 0 Å². The van der Waals surface area contributed by atoms with Crippen LogP contribution in [0.1, 0.15) is 38.2 Å². The van der Waals surface area contributed by atoms with Crippen molar-refractivity contribution in [1.29, 1.82) is 0 Å². The molecule has 1 aromatic carbocycles. The molecule has 0 bridgehead atoms. The Kier molecular flexibility index (Phi) is 3.87. The van der Waals surface area contributed by atoms with Crippen LogP contribution in [0.2, 0.25) is 0 Å². The molecule has 1 aliphatic rings. The fourth-order valence-corrected chi connectivity index (χ4v) is 2.62. The Balaban J connectivity index is 2.19. The highest BCUT2D eigenvalue weighted by Gasteiger charge is 2.45. The summed E-state index contributed by atoms with van der Waals surface area (Å²) in [5.74, 6) is 0.202. The van der Waals surface area contributed by atoms with Gasteiger partial charge < -0.3 is 5.32 Å². The summed E-state index contributed by atoms with van der Waals surface area (Å²) in [5, 5.41) is 3.04. The van der Waals surface area contributed by atoms with Crippen LogP contribution < -0.4 is 5.32 Å². The third-order valence-electron chi connectivity index (χ3n) is 3.57. The topological polar surface area (TPSA) is 29.1 Å². The molecular weight excluding hydrogens is 278 g/mol. The van der Waals surface area contributed by atoms with Gasteiger partial charge in [0.05, 0.1) is 5.41 Å². The molecule has 0 atom stereocenters. The molecule has 3 heteroatoms. The predicted molar refractivity (Wildman–Crippen MR) is 73.0 cm³/mol. The predicted octanol–water partition coefficient (Wildman–Crippen LogP) is 3.40. The first-order chi connectivity index (χ1) is 8.19. The number of amides is 1. The molecule has 92 valence electrons. The van der Waals surface area contributed by atoms with E-state index < -0.39 is 0 Å². The number of carbonyl (C=O) groups excluding carboxylic acids is 1. The van der Waals surface area contributed by atoms with E-state index in [1.807, 2.05) is 12.1 Å². The van der Waals surface area contributed by atoms with E-state index in [2.05, 4.69) is 40.3 Å². The average Bonchev–Trinajstić information content (AvgIpc) is 2.27. The molecule has 1 fully saturated rings. The lowest BCUT2D eigenvalue weighted by atomic mass is 9.64. The van der Waals surface area contributed by atoms with Crippen molar-refractivity contribution < 1.29 is 4.79 Å². The summed E-state index contributed by atoms with van der Waals surface area (Å²) in [6.07, 6.45) is 4.09. The van der Waals surface area contributed by atoms with Crippen LogP contribution in [0.15, 0.2) is 28.7 Å². The highest BCUT2D eigenvalue weighted by Crippen LogP contribution is 2.44. The minimum absolute atomic E-state index is 0.202. The summed E-state index contributed by atoms with van der Waals surface area (Å²) >= 11 is 3.43. The van der Waals surface area contributed by atoms with E-state index in [-0.39, 0.29) is 11.3 Å². The van der Waals surface area contributed by atoms with Gasteiger partial charge in [-0.2, -0.15) is 0 Å². The number of benzene rings is 1. The molecule has 0 spiro atoms. The smallest absolute Gasteiger partial charge is 0.230 e. The van der Waals surface area contributed by atoms with Crippen molar-refractivity contribution in [3.8, 4) is 0 Å². The van der Waals surface area contributed by atoms with Gasteiger partial charge in [0.1, 0.15) is 0 Å². The van der Waals surface area contributed by atoms with Gasteiger partial charge in [-0.1, -0.05) is 41.4 Å². The summed E-state index contributed by atoms with van der Waals surface area (Å²) in [7, 11) is 0. The van der Waals surface area contributed by atoms with Gasteiger partial charge in [0, 0.05) is 11.0 Å². The summed E-state index contributed by atoms with van der Waals surface area (Å²) in [4.78, 5) is 12.3. The Hall–Kier alpha value is -0.830.